The quantitative estimate of drug-likeness (QED) is 0.762. The molecule has 2 N–H and O–H groups in total. The summed E-state index contributed by atoms with van der Waals surface area (Å²) in [6.45, 7) is 6.04. The Hall–Kier alpha value is -1.33. The zero-order valence-corrected chi connectivity index (χ0v) is 15.2. The molecule has 4 rings (SSSR count). The first-order chi connectivity index (χ1) is 11.7. The lowest BCUT2D eigenvalue weighted by Crippen LogP contribution is -2.66. The highest BCUT2D eigenvalue weighted by molar-refractivity contribution is 5.75. The highest BCUT2D eigenvalue weighted by atomic mass is 16.5. The third kappa shape index (κ3) is 2.18. The van der Waals surface area contributed by atoms with Gasteiger partial charge in [-0.05, 0) is 56.4 Å². The summed E-state index contributed by atoms with van der Waals surface area (Å²) in [6.07, 6.45) is 5.79. The van der Waals surface area contributed by atoms with Gasteiger partial charge in [-0.1, -0.05) is 13.8 Å². The van der Waals surface area contributed by atoms with Gasteiger partial charge >= 0.3 is 5.97 Å². The zero-order valence-electron chi connectivity index (χ0n) is 15.2. The molecule has 0 spiro atoms. The Kier molecular flexibility index (Phi) is 3.65. The van der Waals surface area contributed by atoms with Gasteiger partial charge in [0, 0.05) is 11.0 Å². The summed E-state index contributed by atoms with van der Waals surface area (Å²) in [6, 6.07) is 1.85. The molecule has 0 amide bonds. The van der Waals surface area contributed by atoms with Crippen LogP contribution in [0.1, 0.15) is 64.5 Å². The predicted molar refractivity (Wildman–Crippen MR) is 90.5 cm³/mol. The van der Waals surface area contributed by atoms with Gasteiger partial charge in [-0.3, -0.25) is 4.79 Å². The van der Waals surface area contributed by atoms with Crippen LogP contribution in [0, 0.1) is 22.7 Å². The summed E-state index contributed by atoms with van der Waals surface area (Å²) >= 11 is 0. The maximum absolute atomic E-state index is 12.8. The van der Waals surface area contributed by atoms with Gasteiger partial charge in [-0.15, -0.1) is 0 Å². The molecule has 2 heterocycles. The maximum Gasteiger partial charge on any atom is 0.310 e. The summed E-state index contributed by atoms with van der Waals surface area (Å²) < 4.78 is 10.9. The monoisotopic (exact) mass is 348 g/mol. The third-order valence-electron chi connectivity index (χ3n) is 7.93. The lowest BCUT2D eigenvalue weighted by molar-refractivity contribution is -0.251. The van der Waals surface area contributed by atoms with Crippen LogP contribution in [0.5, 0.6) is 0 Å². The molecule has 138 valence electrons. The minimum atomic E-state index is -1.14. The molecule has 3 aliphatic rings. The number of ether oxygens (including phenoxy) is 1. The second-order valence-corrected chi connectivity index (χ2v) is 8.99. The summed E-state index contributed by atoms with van der Waals surface area (Å²) in [4.78, 5) is 12.8. The minimum absolute atomic E-state index is 0.132. The van der Waals surface area contributed by atoms with Crippen LogP contribution < -0.4 is 0 Å². The molecule has 0 unspecified atom stereocenters. The molecule has 3 fully saturated rings. The molecule has 1 aliphatic heterocycles. The van der Waals surface area contributed by atoms with E-state index in [1.807, 2.05) is 6.07 Å². The Morgan fingerprint density at radius 3 is 2.64 bits per heavy atom. The highest BCUT2D eigenvalue weighted by Gasteiger charge is 2.66. The average molecular weight is 348 g/mol. The largest absolute Gasteiger partial charge is 0.472 e. The van der Waals surface area contributed by atoms with Crippen LogP contribution in [0.25, 0.3) is 0 Å². The van der Waals surface area contributed by atoms with Crippen molar-refractivity contribution < 1.29 is 24.2 Å². The Labute approximate surface area is 148 Å². The van der Waals surface area contributed by atoms with E-state index in [-0.39, 0.29) is 29.3 Å². The molecular formula is C20H28O5. The Morgan fingerprint density at radius 1 is 1.20 bits per heavy atom. The topological polar surface area (TPSA) is 79.9 Å². The van der Waals surface area contributed by atoms with Crippen LogP contribution in [0.3, 0.4) is 0 Å². The van der Waals surface area contributed by atoms with Gasteiger partial charge < -0.3 is 19.4 Å². The van der Waals surface area contributed by atoms with E-state index < -0.39 is 17.1 Å². The SMILES string of the molecule is C[C@]12C[C@@H](c3ccoc3)OC(=O)[C@H]1CC[C@@]1(C)[C@@H]2CC[C@@H](O)[C@]1(C)O. The summed E-state index contributed by atoms with van der Waals surface area (Å²) in [7, 11) is 0. The fraction of sp³-hybridized carbons (Fsp3) is 0.750. The van der Waals surface area contributed by atoms with Crippen molar-refractivity contribution in [1.82, 2.24) is 0 Å². The van der Waals surface area contributed by atoms with Crippen molar-refractivity contribution in [1.29, 1.82) is 0 Å². The molecule has 1 aromatic heterocycles. The summed E-state index contributed by atoms with van der Waals surface area (Å²) in [5.41, 5.74) is -0.915. The number of rotatable bonds is 1. The molecule has 7 atom stereocenters. The van der Waals surface area contributed by atoms with Gasteiger partial charge in [0.1, 0.15) is 6.10 Å². The Balaban J connectivity index is 1.74. The van der Waals surface area contributed by atoms with E-state index in [0.29, 0.717) is 12.8 Å². The number of aliphatic hydroxyl groups is 2. The van der Waals surface area contributed by atoms with E-state index in [2.05, 4.69) is 13.8 Å². The van der Waals surface area contributed by atoms with Gasteiger partial charge in [0.05, 0.1) is 30.1 Å². The standard InChI is InChI=1S/C20H28O5/c1-18-10-14(12-7-9-24-11-12)25-17(22)13(18)6-8-19(2)15(18)4-5-16(21)20(19,3)23/h7,9,11,13-16,21,23H,4-6,8,10H2,1-3H3/t13-,14+,15-,16-,18+,19+,20+/m1/s1. The van der Waals surface area contributed by atoms with Crippen molar-refractivity contribution in [2.45, 2.75) is 70.7 Å². The summed E-state index contributed by atoms with van der Waals surface area (Å²) in [5.74, 6) is -0.105. The van der Waals surface area contributed by atoms with Crippen LogP contribution in [0.4, 0.5) is 0 Å². The smallest absolute Gasteiger partial charge is 0.310 e. The molecule has 0 aromatic carbocycles. The second kappa shape index (κ2) is 5.34. The predicted octanol–water partition coefficient (Wildman–Crippen LogP) is 3.21. The zero-order chi connectivity index (χ0) is 18.0. The average Bonchev–Trinajstić information content (AvgIpc) is 3.06. The van der Waals surface area contributed by atoms with E-state index in [1.54, 1.807) is 19.5 Å². The van der Waals surface area contributed by atoms with E-state index in [0.717, 1.165) is 24.8 Å². The Morgan fingerprint density at radius 2 is 1.96 bits per heavy atom. The van der Waals surface area contributed by atoms with E-state index in [4.69, 9.17) is 9.15 Å². The van der Waals surface area contributed by atoms with Crippen molar-refractivity contribution in [2.75, 3.05) is 0 Å². The number of esters is 1. The molecule has 1 saturated heterocycles. The van der Waals surface area contributed by atoms with E-state index >= 15 is 0 Å². The van der Waals surface area contributed by atoms with Crippen molar-refractivity contribution in [3.8, 4) is 0 Å². The number of cyclic esters (lactones) is 1. The number of carbonyl (C=O) groups is 1. The van der Waals surface area contributed by atoms with E-state index in [1.165, 1.54) is 0 Å². The van der Waals surface area contributed by atoms with E-state index in [9.17, 15) is 15.0 Å². The normalized spacial score (nSPS) is 49.9. The van der Waals surface area contributed by atoms with Gasteiger partial charge in [0.2, 0.25) is 0 Å². The van der Waals surface area contributed by atoms with Crippen LogP contribution in [0.15, 0.2) is 23.0 Å². The fourth-order valence-electron chi connectivity index (χ4n) is 6.14. The molecule has 2 aliphatic carbocycles. The number of hydrogen-bond donors (Lipinski definition) is 2. The molecular weight excluding hydrogens is 320 g/mol. The fourth-order valence-corrected chi connectivity index (χ4v) is 6.14. The lowest BCUT2D eigenvalue weighted by Gasteiger charge is -2.64. The number of carbonyl (C=O) groups excluding carboxylic acids is 1. The van der Waals surface area contributed by atoms with Crippen LogP contribution >= 0.6 is 0 Å². The minimum Gasteiger partial charge on any atom is -0.472 e. The van der Waals surface area contributed by atoms with Crippen LogP contribution in [-0.4, -0.2) is 27.9 Å². The van der Waals surface area contributed by atoms with Crippen molar-refractivity contribution >= 4 is 5.97 Å². The first kappa shape index (κ1) is 17.1. The van der Waals surface area contributed by atoms with Crippen LogP contribution in [-0.2, 0) is 9.53 Å². The van der Waals surface area contributed by atoms with Crippen LogP contribution in [0.2, 0.25) is 0 Å². The van der Waals surface area contributed by atoms with Crippen molar-refractivity contribution in [3.63, 3.8) is 0 Å². The van der Waals surface area contributed by atoms with Gasteiger partial charge in [0.15, 0.2) is 0 Å². The molecule has 0 radical (unpaired) electrons. The lowest BCUT2D eigenvalue weighted by atomic mass is 9.42. The first-order valence-corrected chi connectivity index (χ1v) is 9.33. The number of fused-ring (bicyclic) bond motifs is 3. The van der Waals surface area contributed by atoms with Gasteiger partial charge in [0.25, 0.3) is 0 Å². The molecule has 25 heavy (non-hydrogen) atoms. The number of hydrogen-bond acceptors (Lipinski definition) is 5. The molecule has 5 heteroatoms. The van der Waals surface area contributed by atoms with Gasteiger partial charge in [-0.25, -0.2) is 0 Å². The maximum atomic E-state index is 12.8. The van der Waals surface area contributed by atoms with Crippen molar-refractivity contribution in [2.24, 2.45) is 22.7 Å². The first-order valence-electron chi connectivity index (χ1n) is 9.33. The Bertz CT molecular complexity index is 666. The summed E-state index contributed by atoms with van der Waals surface area (Å²) in [5, 5.41) is 21.6. The number of furan rings is 1. The van der Waals surface area contributed by atoms with Crippen molar-refractivity contribution in [3.05, 3.63) is 24.2 Å². The van der Waals surface area contributed by atoms with Gasteiger partial charge in [-0.2, -0.15) is 0 Å². The highest BCUT2D eigenvalue weighted by Crippen LogP contribution is 2.66. The number of aliphatic hydroxyl groups excluding tert-OH is 1. The molecule has 0 bridgehead atoms. The molecule has 1 aromatic rings. The third-order valence-corrected chi connectivity index (χ3v) is 7.93. The molecule has 2 saturated carbocycles. The molecule has 5 nitrogen and oxygen atoms in total. The second-order valence-electron chi connectivity index (χ2n) is 8.99.